The SMILES string of the molecule is COC1=CC(F)C(N=O)C=C1Nc1nccc(NC2=CC(Cl)=C(F)CC2C(C)(C)O)n1. The first-order chi connectivity index (χ1) is 14.6. The number of alkyl halides is 1. The van der Waals surface area contributed by atoms with Crippen molar-refractivity contribution in [3.05, 3.63) is 63.4 Å². The number of halogens is 3. The van der Waals surface area contributed by atoms with Crippen LogP contribution in [0.3, 0.4) is 0 Å². The van der Waals surface area contributed by atoms with Crippen molar-refractivity contribution in [2.24, 2.45) is 11.1 Å². The zero-order chi connectivity index (χ0) is 22.8. The van der Waals surface area contributed by atoms with Crippen LogP contribution in [0.4, 0.5) is 20.5 Å². The van der Waals surface area contributed by atoms with E-state index in [9.17, 15) is 18.8 Å². The molecule has 166 valence electrons. The van der Waals surface area contributed by atoms with Gasteiger partial charge >= 0.3 is 0 Å². The number of rotatable bonds is 7. The van der Waals surface area contributed by atoms with Crippen LogP contribution in [0, 0.1) is 10.8 Å². The van der Waals surface area contributed by atoms with E-state index < -0.39 is 29.6 Å². The minimum atomic E-state index is -1.60. The average Bonchev–Trinajstić information content (AvgIpc) is 2.71. The van der Waals surface area contributed by atoms with Gasteiger partial charge < -0.3 is 20.5 Å². The minimum absolute atomic E-state index is 0.0502. The maximum Gasteiger partial charge on any atom is 0.229 e. The molecule has 0 amide bonds. The molecule has 0 fully saturated rings. The summed E-state index contributed by atoms with van der Waals surface area (Å²) in [5.41, 5.74) is -0.437. The lowest BCUT2D eigenvalue weighted by Gasteiger charge is -2.33. The fourth-order valence-corrected chi connectivity index (χ4v) is 3.45. The Kier molecular flexibility index (Phi) is 6.71. The smallest absolute Gasteiger partial charge is 0.229 e. The fourth-order valence-electron chi connectivity index (χ4n) is 3.26. The number of allylic oxidation sites excluding steroid dienone is 3. The van der Waals surface area contributed by atoms with E-state index in [0.29, 0.717) is 11.5 Å². The summed E-state index contributed by atoms with van der Waals surface area (Å²) < 4.78 is 33.0. The Hall–Kier alpha value is -2.85. The summed E-state index contributed by atoms with van der Waals surface area (Å²) >= 11 is 5.94. The molecule has 11 heteroatoms. The molecule has 1 aromatic rings. The zero-order valence-electron chi connectivity index (χ0n) is 17.1. The molecule has 0 aliphatic heterocycles. The van der Waals surface area contributed by atoms with Crippen LogP contribution in [-0.2, 0) is 4.74 Å². The largest absolute Gasteiger partial charge is 0.495 e. The van der Waals surface area contributed by atoms with Crippen LogP contribution >= 0.6 is 11.6 Å². The summed E-state index contributed by atoms with van der Waals surface area (Å²) in [4.78, 5) is 19.3. The van der Waals surface area contributed by atoms with E-state index >= 15 is 0 Å². The van der Waals surface area contributed by atoms with E-state index in [0.717, 1.165) is 6.08 Å². The molecule has 3 unspecified atom stereocenters. The number of aromatic nitrogens is 2. The van der Waals surface area contributed by atoms with Gasteiger partial charge in [0.1, 0.15) is 23.4 Å². The van der Waals surface area contributed by atoms with Gasteiger partial charge in [-0.05, 0) is 38.1 Å². The number of ether oxygens (including phenoxy) is 1. The van der Waals surface area contributed by atoms with Gasteiger partial charge in [-0.1, -0.05) is 16.8 Å². The molecule has 3 rings (SSSR count). The van der Waals surface area contributed by atoms with Crippen molar-refractivity contribution in [1.82, 2.24) is 9.97 Å². The Labute approximate surface area is 182 Å². The Bertz CT molecular complexity index is 987. The Balaban J connectivity index is 1.84. The molecule has 3 atom stereocenters. The van der Waals surface area contributed by atoms with Crippen molar-refractivity contribution in [3.63, 3.8) is 0 Å². The molecule has 1 aromatic heterocycles. The topological polar surface area (TPSA) is 109 Å². The van der Waals surface area contributed by atoms with Crippen molar-refractivity contribution >= 4 is 23.4 Å². The van der Waals surface area contributed by atoms with Crippen LogP contribution in [0.25, 0.3) is 0 Å². The number of nitroso groups, excluding NO2 is 1. The van der Waals surface area contributed by atoms with E-state index in [1.165, 1.54) is 25.5 Å². The predicted molar refractivity (Wildman–Crippen MR) is 113 cm³/mol. The molecular formula is C20H22ClF2N5O3. The van der Waals surface area contributed by atoms with E-state index in [4.69, 9.17) is 16.3 Å². The highest BCUT2D eigenvalue weighted by atomic mass is 35.5. The van der Waals surface area contributed by atoms with Gasteiger partial charge in [0.25, 0.3) is 0 Å². The van der Waals surface area contributed by atoms with Crippen molar-refractivity contribution < 1.29 is 18.6 Å². The molecule has 31 heavy (non-hydrogen) atoms. The summed E-state index contributed by atoms with van der Waals surface area (Å²) in [6.07, 6.45) is 3.65. The highest BCUT2D eigenvalue weighted by Gasteiger charge is 2.35. The van der Waals surface area contributed by atoms with Gasteiger partial charge in [0.2, 0.25) is 5.95 Å². The Morgan fingerprint density at radius 1 is 1.35 bits per heavy atom. The third-order valence-electron chi connectivity index (χ3n) is 4.91. The molecule has 0 saturated heterocycles. The first kappa shape index (κ1) is 22.8. The second-order valence-electron chi connectivity index (χ2n) is 7.63. The summed E-state index contributed by atoms with van der Waals surface area (Å²) in [5.74, 6) is -0.426. The normalized spacial score (nSPS) is 24.1. The van der Waals surface area contributed by atoms with Gasteiger partial charge in [-0.15, -0.1) is 0 Å². The lowest BCUT2D eigenvalue weighted by molar-refractivity contribution is 0.0301. The lowest BCUT2D eigenvalue weighted by atomic mass is 9.82. The van der Waals surface area contributed by atoms with Crippen LogP contribution in [0.5, 0.6) is 0 Å². The third kappa shape index (κ3) is 5.26. The molecule has 1 heterocycles. The summed E-state index contributed by atoms with van der Waals surface area (Å²) in [6.45, 7) is 3.16. The van der Waals surface area contributed by atoms with Gasteiger partial charge in [-0.25, -0.2) is 13.8 Å². The van der Waals surface area contributed by atoms with Gasteiger partial charge in [-0.3, -0.25) is 0 Å². The van der Waals surface area contributed by atoms with Crippen molar-refractivity contribution in [1.29, 1.82) is 0 Å². The molecule has 0 aromatic carbocycles. The van der Waals surface area contributed by atoms with Crippen LogP contribution in [0.1, 0.15) is 20.3 Å². The van der Waals surface area contributed by atoms with Gasteiger partial charge in [0, 0.05) is 24.2 Å². The van der Waals surface area contributed by atoms with E-state index in [2.05, 4.69) is 25.8 Å². The summed E-state index contributed by atoms with van der Waals surface area (Å²) in [6, 6.07) is 0.373. The molecule has 2 aliphatic rings. The average molecular weight is 454 g/mol. The lowest BCUT2D eigenvalue weighted by Crippen LogP contribution is -2.36. The van der Waals surface area contributed by atoms with Crippen molar-refractivity contribution in [3.8, 4) is 0 Å². The number of nitrogens with zero attached hydrogens (tertiary/aromatic N) is 3. The maximum absolute atomic E-state index is 14.0. The first-order valence-electron chi connectivity index (χ1n) is 9.42. The standard InChI is InChI=1S/C20H22ClF2N5O3/c1-20(2,29)10-6-12(22)11(21)7-14(10)25-18-4-5-24-19(27-18)26-16-9-15(28-30)13(23)8-17(16)31-3/h4-5,7-10,13,15,29H,6H2,1-3H3,(H2,24,25,26,27). The monoisotopic (exact) mass is 453 g/mol. The number of hydrogen-bond acceptors (Lipinski definition) is 8. The maximum atomic E-state index is 14.0. The van der Waals surface area contributed by atoms with Crippen molar-refractivity contribution in [2.45, 2.75) is 38.1 Å². The molecule has 8 nitrogen and oxygen atoms in total. The molecule has 0 radical (unpaired) electrons. The second kappa shape index (κ2) is 9.11. The zero-order valence-corrected chi connectivity index (χ0v) is 17.8. The Morgan fingerprint density at radius 2 is 2.10 bits per heavy atom. The highest BCUT2D eigenvalue weighted by Crippen LogP contribution is 2.38. The van der Waals surface area contributed by atoms with E-state index in [1.807, 2.05) is 0 Å². The van der Waals surface area contributed by atoms with Gasteiger partial charge in [0.05, 0.1) is 23.4 Å². The fraction of sp³-hybridized carbons (Fsp3) is 0.400. The van der Waals surface area contributed by atoms with Crippen LogP contribution in [-0.4, -0.2) is 40.0 Å². The molecule has 0 bridgehead atoms. The minimum Gasteiger partial charge on any atom is -0.495 e. The van der Waals surface area contributed by atoms with Crippen LogP contribution in [0.15, 0.2) is 63.7 Å². The van der Waals surface area contributed by atoms with Gasteiger partial charge in [0.15, 0.2) is 6.17 Å². The van der Waals surface area contributed by atoms with E-state index in [1.54, 1.807) is 19.9 Å². The molecular weight excluding hydrogens is 432 g/mol. The van der Waals surface area contributed by atoms with Crippen molar-refractivity contribution in [2.75, 3.05) is 17.7 Å². The molecule has 0 saturated carbocycles. The number of aliphatic hydroxyl groups is 1. The van der Waals surface area contributed by atoms with Gasteiger partial charge in [-0.2, -0.15) is 9.89 Å². The summed E-state index contributed by atoms with van der Waals surface area (Å²) in [5, 5.41) is 19.1. The van der Waals surface area contributed by atoms with Crippen LogP contribution in [0.2, 0.25) is 0 Å². The highest BCUT2D eigenvalue weighted by molar-refractivity contribution is 6.31. The van der Waals surface area contributed by atoms with Crippen LogP contribution < -0.4 is 10.6 Å². The predicted octanol–water partition coefficient (Wildman–Crippen LogP) is 4.30. The summed E-state index contributed by atoms with van der Waals surface area (Å²) in [7, 11) is 1.37. The molecule has 0 spiro atoms. The number of methoxy groups -OCH3 is 1. The Morgan fingerprint density at radius 3 is 2.74 bits per heavy atom. The number of nitrogens with one attached hydrogen (secondary N) is 2. The number of hydrogen-bond donors (Lipinski definition) is 3. The molecule has 3 N–H and O–H groups in total. The second-order valence-corrected chi connectivity index (χ2v) is 8.04. The quantitative estimate of drug-likeness (QED) is 0.528. The van der Waals surface area contributed by atoms with E-state index in [-0.39, 0.29) is 28.9 Å². The first-order valence-corrected chi connectivity index (χ1v) is 9.80. The molecule has 2 aliphatic carbocycles. The third-order valence-corrected chi connectivity index (χ3v) is 5.22. The number of anilines is 2.